The van der Waals surface area contributed by atoms with Crippen molar-refractivity contribution in [2.24, 2.45) is 0 Å². The van der Waals surface area contributed by atoms with Gasteiger partial charge in [-0.05, 0) is 42.8 Å². The first kappa shape index (κ1) is 25.9. The minimum atomic E-state index is -1.67. The summed E-state index contributed by atoms with van der Waals surface area (Å²) >= 11 is 0. The standard InChI is InChI=1S/C27H33NO8/c1-3-4-8-16-28-17-15-23(24(32-19-18-31-2)27(28)35-25(29)26(30)36-27)34-22-13-11-21(12-14-22)33-20-9-6-5-7-10-20/h5-7,9-14,23-24H,3-4,8,15-19H2,1-2H3. The molecule has 194 valence electrons. The topological polar surface area (TPSA) is 92.8 Å². The van der Waals surface area contributed by atoms with Crippen LogP contribution in [-0.2, 0) is 28.5 Å². The molecule has 9 nitrogen and oxygen atoms in total. The van der Waals surface area contributed by atoms with Crippen LogP contribution in [0.25, 0.3) is 0 Å². The Labute approximate surface area is 211 Å². The van der Waals surface area contributed by atoms with Gasteiger partial charge in [-0.2, -0.15) is 0 Å². The number of piperidine rings is 1. The van der Waals surface area contributed by atoms with Crippen LogP contribution >= 0.6 is 0 Å². The predicted molar refractivity (Wildman–Crippen MR) is 130 cm³/mol. The van der Waals surface area contributed by atoms with Crippen LogP contribution in [0.2, 0.25) is 0 Å². The summed E-state index contributed by atoms with van der Waals surface area (Å²) in [5.74, 6) is -1.74. The highest BCUT2D eigenvalue weighted by atomic mass is 16.8. The van der Waals surface area contributed by atoms with Crippen molar-refractivity contribution in [2.75, 3.05) is 33.4 Å². The number of hydrogen-bond donors (Lipinski definition) is 0. The van der Waals surface area contributed by atoms with E-state index in [0.29, 0.717) is 37.6 Å². The van der Waals surface area contributed by atoms with Crippen molar-refractivity contribution in [1.82, 2.24) is 4.90 Å². The lowest BCUT2D eigenvalue weighted by Crippen LogP contribution is -2.67. The fourth-order valence-electron chi connectivity index (χ4n) is 4.42. The highest BCUT2D eigenvalue weighted by molar-refractivity contribution is 6.31. The van der Waals surface area contributed by atoms with Crippen LogP contribution in [-0.4, -0.2) is 68.4 Å². The Morgan fingerprint density at radius 2 is 1.58 bits per heavy atom. The molecule has 0 N–H and O–H groups in total. The van der Waals surface area contributed by atoms with Gasteiger partial charge in [0.15, 0.2) is 6.10 Å². The van der Waals surface area contributed by atoms with Crippen molar-refractivity contribution < 1.29 is 38.0 Å². The van der Waals surface area contributed by atoms with Crippen molar-refractivity contribution in [3.63, 3.8) is 0 Å². The second kappa shape index (κ2) is 12.2. The third kappa shape index (κ3) is 5.98. The van der Waals surface area contributed by atoms with Gasteiger partial charge in [-0.3, -0.25) is 0 Å². The van der Waals surface area contributed by atoms with Crippen LogP contribution in [0.4, 0.5) is 0 Å². The molecule has 0 bridgehead atoms. The first-order valence-electron chi connectivity index (χ1n) is 12.4. The largest absolute Gasteiger partial charge is 0.487 e. The van der Waals surface area contributed by atoms with Crippen LogP contribution in [0.5, 0.6) is 17.2 Å². The third-order valence-corrected chi connectivity index (χ3v) is 6.17. The van der Waals surface area contributed by atoms with E-state index in [0.717, 1.165) is 25.0 Å². The average Bonchev–Trinajstić information content (AvgIpc) is 3.18. The molecule has 9 heteroatoms. The molecule has 36 heavy (non-hydrogen) atoms. The van der Waals surface area contributed by atoms with Crippen molar-refractivity contribution in [3.8, 4) is 17.2 Å². The van der Waals surface area contributed by atoms with Crippen LogP contribution in [0.15, 0.2) is 54.6 Å². The first-order valence-corrected chi connectivity index (χ1v) is 12.4. The number of hydrogen-bond acceptors (Lipinski definition) is 9. The summed E-state index contributed by atoms with van der Waals surface area (Å²) in [5.41, 5.74) is 0. The number of carbonyl (C=O) groups excluding carboxylic acids is 2. The second-order valence-corrected chi connectivity index (χ2v) is 8.72. The molecule has 0 aromatic heterocycles. The molecule has 0 amide bonds. The van der Waals surface area contributed by atoms with E-state index in [4.69, 9.17) is 28.4 Å². The number of methoxy groups -OCH3 is 1. The van der Waals surface area contributed by atoms with E-state index in [9.17, 15) is 9.59 Å². The van der Waals surface area contributed by atoms with E-state index in [2.05, 4.69) is 6.92 Å². The summed E-state index contributed by atoms with van der Waals surface area (Å²) in [6, 6.07) is 16.7. The maximum Gasteiger partial charge on any atom is 0.422 e. The number of likely N-dealkylation sites (tertiary alicyclic amines) is 1. The molecule has 4 rings (SSSR count). The van der Waals surface area contributed by atoms with Crippen molar-refractivity contribution in [1.29, 1.82) is 0 Å². The predicted octanol–water partition coefficient (Wildman–Crippen LogP) is 3.91. The number of carbonyl (C=O) groups is 2. The zero-order valence-corrected chi connectivity index (χ0v) is 20.7. The van der Waals surface area contributed by atoms with Crippen molar-refractivity contribution in [2.45, 2.75) is 50.7 Å². The quantitative estimate of drug-likeness (QED) is 0.245. The molecule has 0 radical (unpaired) electrons. The Balaban J connectivity index is 1.53. The van der Waals surface area contributed by atoms with Gasteiger partial charge in [-0.25, -0.2) is 14.5 Å². The Morgan fingerprint density at radius 1 is 0.917 bits per heavy atom. The summed E-state index contributed by atoms with van der Waals surface area (Å²) in [7, 11) is 1.57. The summed E-state index contributed by atoms with van der Waals surface area (Å²) in [4.78, 5) is 26.3. The number of ether oxygens (including phenoxy) is 6. The van der Waals surface area contributed by atoms with Gasteiger partial charge >= 0.3 is 17.8 Å². The fourth-order valence-corrected chi connectivity index (χ4v) is 4.42. The van der Waals surface area contributed by atoms with Gasteiger partial charge in [0.1, 0.15) is 23.4 Å². The number of rotatable bonds is 12. The number of para-hydroxylation sites is 1. The van der Waals surface area contributed by atoms with Gasteiger partial charge in [0, 0.05) is 26.6 Å². The molecule has 2 aliphatic heterocycles. The minimum Gasteiger partial charge on any atom is -0.487 e. The summed E-state index contributed by atoms with van der Waals surface area (Å²) in [6.07, 6.45) is 2.09. The van der Waals surface area contributed by atoms with Crippen LogP contribution in [0, 0.1) is 0 Å². The van der Waals surface area contributed by atoms with Gasteiger partial charge in [-0.1, -0.05) is 38.0 Å². The van der Waals surface area contributed by atoms with Gasteiger partial charge in [0.05, 0.1) is 13.2 Å². The lowest BCUT2D eigenvalue weighted by atomic mass is 9.98. The molecule has 2 aromatic carbocycles. The molecule has 0 aliphatic carbocycles. The normalized spacial score (nSPS) is 21.3. The molecular weight excluding hydrogens is 466 g/mol. The second-order valence-electron chi connectivity index (χ2n) is 8.72. The average molecular weight is 500 g/mol. The smallest absolute Gasteiger partial charge is 0.422 e. The Kier molecular flexibility index (Phi) is 8.79. The minimum absolute atomic E-state index is 0.213. The van der Waals surface area contributed by atoms with Gasteiger partial charge in [0.25, 0.3) is 0 Å². The van der Waals surface area contributed by atoms with Crippen molar-refractivity contribution >= 4 is 11.9 Å². The van der Waals surface area contributed by atoms with Crippen LogP contribution in [0.1, 0.15) is 32.6 Å². The lowest BCUT2D eigenvalue weighted by Gasteiger charge is -2.48. The Hall–Kier alpha value is -3.14. The number of esters is 2. The van der Waals surface area contributed by atoms with Crippen molar-refractivity contribution in [3.05, 3.63) is 54.6 Å². The molecule has 2 unspecified atom stereocenters. The summed E-state index contributed by atoms with van der Waals surface area (Å²) in [5, 5.41) is 0. The molecular formula is C27H33NO8. The van der Waals surface area contributed by atoms with E-state index >= 15 is 0 Å². The van der Waals surface area contributed by atoms with Crippen LogP contribution in [0.3, 0.4) is 0 Å². The molecule has 1 spiro atoms. The zero-order chi connectivity index (χ0) is 25.4. The molecule has 2 atom stereocenters. The molecule has 2 saturated heterocycles. The fraction of sp³-hybridized carbons (Fsp3) is 0.481. The maximum absolute atomic E-state index is 12.2. The molecule has 2 heterocycles. The van der Waals surface area contributed by atoms with E-state index in [-0.39, 0.29) is 6.61 Å². The maximum atomic E-state index is 12.2. The van der Waals surface area contributed by atoms with E-state index < -0.39 is 30.1 Å². The lowest BCUT2D eigenvalue weighted by molar-refractivity contribution is -0.330. The number of benzene rings is 2. The van der Waals surface area contributed by atoms with Crippen LogP contribution < -0.4 is 9.47 Å². The van der Waals surface area contributed by atoms with E-state index in [1.165, 1.54) is 0 Å². The zero-order valence-electron chi connectivity index (χ0n) is 20.7. The van der Waals surface area contributed by atoms with E-state index in [1.807, 2.05) is 47.4 Å². The monoisotopic (exact) mass is 499 g/mol. The number of nitrogens with zero attached hydrogens (tertiary/aromatic N) is 1. The molecule has 0 saturated carbocycles. The molecule has 2 fully saturated rings. The highest BCUT2D eigenvalue weighted by Gasteiger charge is 2.63. The Bertz CT molecular complexity index is 981. The highest BCUT2D eigenvalue weighted by Crippen LogP contribution is 2.39. The SMILES string of the molecule is CCCCCN1CCC(Oc2ccc(Oc3ccccc3)cc2)C(OCCOC)C12OC(=O)C(=O)O2. The van der Waals surface area contributed by atoms with Gasteiger partial charge in [0.2, 0.25) is 0 Å². The molecule has 2 aromatic rings. The third-order valence-electron chi connectivity index (χ3n) is 6.17. The summed E-state index contributed by atoms with van der Waals surface area (Å²) < 4.78 is 34.6. The first-order chi connectivity index (χ1) is 17.6. The summed E-state index contributed by atoms with van der Waals surface area (Å²) in [6.45, 7) is 3.75. The molecule has 2 aliphatic rings. The Morgan fingerprint density at radius 3 is 2.25 bits per heavy atom. The van der Waals surface area contributed by atoms with Gasteiger partial charge in [-0.15, -0.1) is 0 Å². The number of unbranched alkanes of at least 4 members (excludes halogenated alkanes) is 2. The van der Waals surface area contributed by atoms with E-state index in [1.54, 1.807) is 19.2 Å². The van der Waals surface area contributed by atoms with Gasteiger partial charge < -0.3 is 28.4 Å².